The Hall–Kier alpha value is -3.24. The Kier molecular flexibility index (Phi) is 8.41. The number of carbonyl (C=O) groups is 3. The average molecular weight is 488 g/mol. The number of nitrogens with zero attached hydrogens (tertiary/aromatic N) is 1. The van der Waals surface area contributed by atoms with Crippen molar-refractivity contribution < 1.29 is 27.5 Å². The number of amides is 2. The van der Waals surface area contributed by atoms with Crippen molar-refractivity contribution in [3.05, 3.63) is 54.1 Å². The summed E-state index contributed by atoms with van der Waals surface area (Å²) in [6.45, 7) is 3.83. The molecule has 0 aliphatic carbocycles. The number of esters is 1. The van der Waals surface area contributed by atoms with Gasteiger partial charge in [-0.3, -0.25) is 9.59 Å². The van der Waals surface area contributed by atoms with Gasteiger partial charge in [0, 0.05) is 31.4 Å². The van der Waals surface area contributed by atoms with Crippen LogP contribution in [0.25, 0.3) is 0 Å². The Balaban J connectivity index is 1.58. The van der Waals surface area contributed by atoms with Gasteiger partial charge < -0.3 is 15.4 Å². The molecule has 1 aliphatic rings. The summed E-state index contributed by atoms with van der Waals surface area (Å²) in [5.41, 5.74) is 1.21. The molecule has 2 N–H and O–H groups in total. The zero-order valence-corrected chi connectivity index (χ0v) is 20.1. The van der Waals surface area contributed by atoms with Crippen LogP contribution in [0.3, 0.4) is 0 Å². The summed E-state index contributed by atoms with van der Waals surface area (Å²) < 4.78 is 32.5. The minimum absolute atomic E-state index is 0.124. The molecule has 10 heteroatoms. The molecule has 1 fully saturated rings. The molecule has 2 amide bonds. The molecule has 0 bridgehead atoms. The third-order valence-electron chi connectivity index (χ3n) is 5.42. The van der Waals surface area contributed by atoms with Crippen molar-refractivity contribution in [1.29, 1.82) is 0 Å². The maximum Gasteiger partial charge on any atom is 0.338 e. The lowest BCUT2D eigenvalue weighted by atomic mass is 10.2. The van der Waals surface area contributed by atoms with Gasteiger partial charge in [-0.05, 0) is 68.3 Å². The maximum absolute atomic E-state index is 12.9. The Labute approximate surface area is 199 Å². The van der Waals surface area contributed by atoms with Gasteiger partial charge in [0.05, 0.1) is 10.5 Å². The lowest BCUT2D eigenvalue weighted by molar-refractivity contribution is -0.123. The summed E-state index contributed by atoms with van der Waals surface area (Å²) in [6.07, 6.45) is 2.63. The van der Waals surface area contributed by atoms with Gasteiger partial charge in [-0.2, -0.15) is 4.31 Å². The van der Waals surface area contributed by atoms with Gasteiger partial charge in [-0.15, -0.1) is 0 Å². The molecule has 2 aromatic rings. The van der Waals surface area contributed by atoms with Crippen molar-refractivity contribution in [2.24, 2.45) is 0 Å². The van der Waals surface area contributed by atoms with Crippen molar-refractivity contribution in [3.63, 3.8) is 0 Å². The van der Waals surface area contributed by atoms with E-state index in [1.54, 1.807) is 24.3 Å². The van der Waals surface area contributed by atoms with Crippen molar-refractivity contribution >= 4 is 39.2 Å². The molecule has 1 heterocycles. The molecule has 0 unspecified atom stereocenters. The Morgan fingerprint density at radius 1 is 0.853 bits per heavy atom. The van der Waals surface area contributed by atoms with Gasteiger partial charge in [-0.25, -0.2) is 13.2 Å². The van der Waals surface area contributed by atoms with E-state index in [1.165, 1.54) is 42.4 Å². The minimum atomic E-state index is -3.61. The average Bonchev–Trinajstić information content (AvgIpc) is 3.10. The Bertz CT molecular complexity index is 1120. The van der Waals surface area contributed by atoms with Gasteiger partial charge in [0.2, 0.25) is 15.9 Å². The first-order chi connectivity index (χ1) is 16.2. The van der Waals surface area contributed by atoms with Gasteiger partial charge in [0.25, 0.3) is 5.91 Å². The van der Waals surface area contributed by atoms with Crippen LogP contribution in [0.15, 0.2) is 53.4 Å². The van der Waals surface area contributed by atoms with Crippen LogP contribution in [-0.2, 0) is 24.3 Å². The predicted octanol–water partition coefficient (Wildman–Crippen LogP) is 3.39. The second-order valence-electron chi connectivity index (χ2n) is 8.14. The molecule has 1 aliphatic heterocycles. The number of sulfonamides is 1. The number of anilines is 2. The first-order valence-electron chi connectivity index (χ1n) is 11.2. The summed E-state index contributed by atoms with van der Waals surface area (Å²) in [5, 5.41) is 5.26. The van der Waals surface area contributed by atoms with E-state index in [4.69, 9.17) is 4.74 Å². The number of hydrogen-bond acceptors (Lipinski definition) is 6. The zero-order valence-electron chi connectivity index (χ0n) is 19.2. The van der Waals surface area contributed by atoms with Crippen LogP contribution in [0, 0.1) is 0 Å². The molecule has 2 aromatic carbocycles. The molecular formula is C24H29N3O6S. The molecule has 182 valence electrons. The van der Waals surface area contributed by atoms with E-state index in [9.17, 15) is 22.8 Å². The molecule has 0 spiro atoms. The highest BCUT2D eigenvalue weighted by molar-refractivity contribution is 7.89. The van der Waals surface area contributed by atoms with E-state index in [0.29, 0.717) is 24.5 Å². The van der Waals surface area contributed by atoms with Gasteiger partial charge in [-0.1, -0.05) is 12.8 Å². The first kappa shape index (κ1) is 25.4. The van der Waals surface area contributed by atoms with E-state index in [0.717, 1.165) is 25.7 Å². The molecule has 9 nitrogen and oxygen atoms in total. The monoisotopic (exact) mass is 487 g/mol. The molecule has 1 atom stereocenters. The van der Waals surface area contributed by atoms with Crippen LogP contribution < -0.4 is 10.6 Å². The van der Waals surface area contributed by atoms with Crippen LogP contribution in [-0.4, -0.2) is 49.7 Å². The van der Waals surface area contributed by atoms with Gasteiger partial charge in [0.1, 0.15) is 0 Å². The van der Waals surface area contributed by atoms with Crippen molar-refractivity contribution in [2.75, 3.05) is 23.7 Å². The number of hydrogen-bond donors (Lipinski definition) is 2. The van der Waals surface area contributed by atoms with Gasteiger partial charge in [0.15, 0.2) is 6.10 Å². The summed E-state index contributed by atoms with van der Waals surface area (Å²) in [7, 11) is -3.61. The molecule has 0 radical (unpaired) electrons. The van der Waals surface area contributed by atoms with E-state index in [1.807, 2.05) is 0 Å². The first-order valence-corrected chi connectivity index (χ1v) is 12.6. The normalized spacial score (nSPS) is 15.6. The summed E-state index contributed by atoms with van der Waals surface area (Å²) in [6, 6.07) is 12.0. The van der Waals surface area contributed by atoms with E-state index in [2.05, 4.69) is 10.6 Å². The fraction of sp³-hybridized carbons (Fsp3) is 0.375. The highest BCUT2D eigenvalue weighted by Crippen LogP contribution is 2.21. The predicted molar refractivity (Wildman–Crippen MR) is 128 cm³/mol. The Morgan fingerprint density at radius 3 is 1.91 bits per heavy atom. The second kappa shape index (κ2) is 11.3. The van der Waals surface area contributed by atoms with Crippen LogP contribution in [0.1, 0.15) is 49.9 Å². The number of benzene rings is 2. The van der Waals surface area contributed by atoms with E-state index >= 15 is 0 Å². The SMILES string of the molecule is CC(=O)Nc1ccc(NC(=O)[C@@H](C)OC(=O)c2ccc(S(=O)(=O)N3CCCCCC3)cc2)cc1. The van der Waals surface area contributed by atoms with Crippen LogP contribution in [0.5, 0.6) is 0 Å². The standard InChI is InChI=1S/C24H29N3O6S/c1-17(23(29)26-21-11-9-20(10-12-21)25-18(2)28)33-24(30)19-7-13-22(14-8-19)34(31,32)27-15-5-3-4-6-16-27/h7-14,17H,3-6,15-16H2,1-2H3,(H,25,28)(H,26,29)/t17-/m1/s1. The lowest BCUT2D eigenvalue weighted by Crippen LogP contribution is -2.32. The third-order valence-corrected chi connectivity index (χ3v) is 7.33. The highest BCUT2D eigenvalue weighted by atomic mass is 32.2. The molecular weight excluding hydrogens is 458 g/mol. The van der Waals surface area contributed by atoms with Crippen LogP contribution in [0.2, 0.25) is 0 Å². The summed E-state index contributed by atoms with van der Waals surface area (Å²) in [4.78, 5) is 36.1. The molecule has 1 saturated heterocycles. The van der Waals surface area contributed by atoms with Crippen molar-refractivity contribution in [3.8, 4) is 0 Å². The second-order valence-corrected chi connectivity index (χ2v) is 10.1. The van der Waals surface area contributed by atoms with Crippen molar-refractivity contribution in [2.45, 2.75) is 50.5 Å². The van der Waals surface area contributed by atoms with Gasteiger partial charge >= 0.3 is 5.97 Å². The Morgan fingerprint density at radius 2 is 1.38 bits per heavy atom. The molecule has 0 aromatic heterocycles. The van der Waals surface area contributed by atoms with Crippen molar-refractivity contribution in [1.82, 2.24) is 4.31 Å². The summed E-state index contributed by atoms with van der Waals surface area (Å²) in [5.74, 6) is -1.46. The number of nitrogens with one attached hydrogen (secondary N) is 2. The fourth-order valence-corrected chi connectivity index (χ4v) is 5.08. The molecule has 3 rings (SSSR count). The smallest absolute Gasteiger partial charge is 0.338 e. The fourth-order valence-electron chi connectivity index (χ4n) is 3.56. The zero-order chi connectivity index (χ0) is 24.7. The van der Waals surface area contributed by atoms with E-state index < -0.39 is 28.0 Å². The van der Waals surface area contributed by atoms with E-state index in [-0.39, 0.29) is 16.4 Å². The number of rotatable bonds is 7. The quantitative estimate of drug-likeness (QED) is 0.578. The largest absolute Gasteiger partial charge is 0.449 e. The molecule has 0 saturated carbocycles. The number of carbonyl (C=O) groups excluding carboxylic acids is 3. The summed E-state index contributed by atoms with van der Waals surface area (Å²) >= 11 is 0. The number of ether oxygens (including phenoxy) is 1. The van der Waals surface area contributed by atoms with Crippen LogP contribution >= 0.6 is 0 Å². The van der Waals surface area contributed by atoms with Crippen LogP contribution in [0.4, 0.5) is 11.4 Å². The maximum atomic E-state index is 12.9. The topological polar surface area (TPSA) is 122 Å². The lowest BCUT2D eigenvalue weighted by Gasteiger charge is -2.20. The highest BCUT2D eigenvalue weighted by Gasteiger charge is 2.26. The minimum Gasteiger partial charge on any atom is -0.449 e. The third kappa shape index (κ3) is 6.64. The molecule has 34 heavy (non-hydrogen) atoms.